The lowest BCUT2D eigenvalue weighted by molar-refractivity contribution is 0.549. The van der Waals surface area contributed by atoms with Crippen molar-refractivity contribution in [2.45, 2.75) is 30.2 Å². The molecule has 1 aromatic rings. The molecule has 0 amide bonds. The van der Waals surface area contributed by atoms with Gasteiger partial charge in [0.15, 0.2) is 0 Å². The maximum absolute atomic E-state index is 12.0. The van der Waals surface area contributed by atoms with Gasteiger partial charge < -0.3 is 0 Å². The van der Waals surface area contributed by atoms with Gasteiger partial charge in [0, 0.05) is 11.1 Å². The summed E-state index contributed by atoms with van der Waals surface area (Å²) in [6.45, 7) is 0. The van der Waals surface area contributed by atoms with Crippen molar-refractivity contribution in [2.75, 3.05) is 0 Å². The molecule has 0 spiro atoms. The largest absolute Gasteiger partial charge is 0.241 e. The Bertz CT molecular complexity index is 508. The summed E-state index contributed by atoms with van der Waals surface area (Å²) in [6, 6.07) is 6.08. The van der Waals surface area contributed by atoms with Crippen LogP contribution in [-0.4, -0.2) is 14.5 Å². The van der Waals surface area contributed by atoms with Crippen molar-refractivity contribution in [1.82, 2.24) is 4.72 Å². The van der Waals surface area contributed by atoms with Crippen molar-refractivity contribution in [3.05, 3.63) is 41.4 Å². The maximum atomic E-state index is 12.0. The van der Waals surface area contributed by atoms with E-state index < -0.39 is 10.0 Å². The molecular weight excluding hydrogens is 258 g/mol. The topological polar surface area (TPSA) is 46.2 Å². The van der Waals surface area contributed by atoms with Gasteiger partial charge in [-0.2, -0.15) is 0 Å². The molecule has 1 aromatic carbocycles. The van der Waals surface area contributed by atoms with E-state index in [0.717, 1.165) is 19.3 Å². The van der Waals surface area contributed by atoms with Crippen LogP contribution >= 0.6 is 11.6 Å². The minimum absolute atomic E-state index is 0.0931. The molecule has 0 radical (unpaired) electrons. The highest BCUT2D eigenvalue weighted by Gasteiger charge is 2.19. The van der Waals surface area contributed by atoms with Crippen LogP contribution in [0.5, 0.6) is 0 Å². The second-order valence-electron chi connectivity index (χ2n) is 4.04. The first-order valence-corrected chi connectivity index (χ1v) is 7.38. The van der Waals surface area contributed by atoms with Gasteiger partial charge in [-0.15, -0.1) is 0 Å². The van der Waals surface area contributed by atoms with Crippen LogP contribution in [0.2, 0.25) is 5.02 Å². The highest BCUT2D eigenvalue weighted by molar-refractivity contribution is 7.89. The lowest BCUT2D eigenvalue weighted by atomic mass is 10.0. The molecule has 92 valence electrons. The number of sulfonamides is 1. The van der Waals surface area contributed by atoms with E-state index in [4.69, 9.17) is 11.6 Å². The van der Waals surface area contributed by atoms with Crippen molar-refractivity contribution in [3.8, 4) is 0 Å². The Balaban J connectivity index is 2.15. The van der Waals surface area contributed by atoms with E-state index in [0.29, 0.717) is 5.02 Å². The number of halogens is 1. The van der Waals surface area contributed by atoms with Crippen molar-refractivity contribution < 1.29 is 8.42 Å². The van der Waals surface area contributed by atoms with E-state index >= 15 is 0 Å². The van der Waals surface area contributed by atoms with E-state index in [-0.39, 0.29) is 10.9 Å². The minimum Gasteiger partial charge on any atom is -0.207 e. The number of nitrogens with one attached hydrogen (secondary N) is 1. The van der Waals surface area contributed by atoms with E-state index in [1.165, 1.54) is 12.1 Å². The van der Waals surface area contributed by atoms with E-state index in [1.807, 2.05) is 12.2 Å². The molecule has 0 bridgehead atoms. The standard InChI is InChI=1S/C12H14ClNO2S/c13-10-6-8-12(9-7-10)17(15,16)14-11-4-2-1-3-5-11/h2,4,6-9,11,14H,1,3,5H2. The molecule has 1 aliphatic rings. The predicted octanol–water partition coefficient (Wildman–Crippen LogP) is 2.73. The zero-order chi connectivity index (χ0) is 12.3. The molecule has 17 heavy (non-hydrogen) atoms. The van der Waals surface area contributed by atoms with Gasteiger partial charge in [0.2, 0.25) is 10.0 Å². The molecule has 0 aliphatic heterocycles. The fourth-order valence-electron chi connectivity index (χ4n) is 1.79. The van der Waals surface area contributed by atoms with Gasteiger partial charge in [-0.3, -0.25) is 0 Å². The second-order valence-corrected chi connectivity index (χ2v) is 6.19. The average molecular weight is 272 g/mol. The second kappa shape index (κ2) is 5.21. The molecule has 0 saturated heterocycles. The Morgan fingerprint density at radius 2 is 1.94 bits per heavy atom. The molecule has 1 aliphatic carbocycles. The molecular formula is C12H14ClNO2S. The summed E-state index contributed by atoms with van der Waals surface area (Å²) in [4.78, 5) is 0.251. The van der Waals surface area contributed by atoms with Crippen molar-refractivity contribution in [1.29, 1.82) is 0 Å². The summed E-state index contributed by atoms with van der Waals surface area (Å²) < 4.78 is 26.7. The summed E-state index contributed by atoms with van der Waals surface area (Å²) in [5, 5.41) is 0.529. The molecule has 0 fully saturated rings. The number of hydrogen-bond acceptors (Lipinski definition) is 2. The summed E-state index contributed by atoms with van der Waals surface area (Å²) in [7, 11) is -3.44. The van der Waals surface area contributed by atoms with Crippen LogP contribution in [0.15, 0.2) is 41.3 Å². The van der Waals surface area contributed by atoms with Gasteiger partial charge in [-0.1, -0.05) is 23.8 Å². The molecule has 1 N–H and O–H groups in total. The first-order valence-electron chi connectivity index (χ1n) is 5.52. The van der Waals surface area contributed by atoms with Crippen LogP contribution in [0.25, 0.3) is 0 Å². The monoisotopic (exact) mass is 271 g/mol. The fraction of sp³-hybridized carbons (Fsp3) is 0.333. The van der Waals surface area contributed by atoms with Crippen LogP contribution in [0, 0.1) is 0 Å². The van der Waals surface area contributed by atoms with Crippen molar-refractivity contribution in [3.63, 3.8) is 0 Å². The summed E-state index contributed by atoms with van der Waals surface area (Å²) in [5.41, 5.74) is 0. The number of allylic oxidation sites excluding steroid dienone is 1. The van der Waals surface area contributed by atoms with Gasteiger partial charge >= 0.3 is 0 Å². The van der Waals surface area contributed by atoms with Gasteiger partial charge in [0.05, 0.1) is 4.90 Å². The first-order chi connectivity index (χ1) is 8.08. The zero-order valence-electron chi connectivity index (χ0n) is 9.27. The summed E-state index contributed by atoms with van der Waals surface area (Å²) in [6.07, 6.45) is 6.82. The third kappa shape index (κ3) is 3.31. The van der Waals surface area contributed by atoms with Crippen LogP contribution in [-0.2, 0) is 10.0 Å². The van der Waals surface area contributed by atoms with Crippen molar-refractivity contribution >= 4 is 21.6 Å². The van der Waals surface area contributed by atoms with Crippen LogP contribution in [0.4, 0.5) is 0 Å². The van der Waals surface area contributed by atoms with Gasteiger partial charge in [-0.25, -0.2) is 13.1 Å². The first kappa shape index (κ1) is 12.6. The Morgan fingerprint density at radius 1 is 1.24 bits per heavy atom. The normalized spacial score (nSPS) is 20.4. The summed E-state index contributed by atoms with van der Waals surface area (Å²) in [5.74, 6) is 0. The molecule has 3 nitrogen and oxygen atoms in total. The third-order valence-corrected chi connectivity index (χ3v) is 4.44. The molecule has 0 heterocycles. The lowest BCUT2D eigenvalue weighted by Crippen LogP contribution is -2.34. The molecule has 0 aromatic heterocycles. The predicted molar refractivity (Wildman–Crippen MR) is 68.6 cm³/mol. The summed E-state index contributed by atoms with van der Waals surface area (Å²) >= 11 is 5.73. The SMILES string of the molecule is O=S(=O)(NC1C=CCCC1)c1ccc(Cl)cc1. The maximum Gasteiger partial charge on any atom is 0.241 e. The Hall–Kier alpha value is -0.840. The lowest BCUT2D eigenvalue weighted by Gasteiger charge is -2.17. The van der Waals surface area contributed by atoms with Gasteiger partial charge in [0.1, 0.15) is 0 Å². The fourth-order valence-corrected chi connectivity index (χ4v) is 3.14. The zero-order valence-corrected chi connectivity index (χ0v) is 10.8. The Kier molecular flexibility index (Phi) is 3.86. The average Bonchev–Trinajstić information content (AvgIpc) is 2.30. The quantitative estimate of drug-likeness (QED) is 0.860. The highest BCUT2D eigenvalue weighted by Crippen LogP contribution is 2.17. The van der Waals surface area contributed by atoms with Crippen LogP contribution in [0.1, 0.15) is 19.3 Å². The molecule has 5 heteroatoms. The van der Waals surface area contributed by atoms with E-state index in [1.54, 1.807) is 12.1 Å². The smallest absolute Gasteiger partial charge is 0.207 e. The van der Waals surface area contributed by atoms with Crippen molar-refractivity contribution in [2.24, 2.45) is 0 Å². The minimum atomic E-state index is -3.44. The third-order valence-electron chi connectivity index (χ3n) is 2.68. The number of benzene rings is 1. The van der Waals surface area contributed by atoms with Gasteiger partial charge in [0.25, 0.3) is 0 Å². The number of rotatable bonds is 3. The number of hydrogen-bond donors (Lipinski definition) is 1. The Labute approximate surface area is 107 Å². The van der Waals surface area contributed by atoms with Crippen LogP contribution in [0.3, 0.4) is 0 Å². The van der Waals surface area contributed by atoms with E-state index in [9.17, 15) is 8.42 Å². The highest BCUT2D eigenvalue weighted by atomic mass is 35.5. The van der Waals surface area contributed by atoms with E-state index in [2.05, 4.69) is 4.72 Å². The molecule has 2 rings (SSSR count). The molecule has 1 atom stereocenters. The molecule has 0 saturated carbocycles. The Morgan fingerprint density at radius 3 is 2.53 bits per heavy atom. The molecule has 1 unspecified atom stereocenters. The van der Waals surface area contributed by atoms with Crippen LogP contribution < -0.4 is 4.72 Å². The van der Waals surface area contributed by atoms with Gasteiger partial charge in [-0.05, 0) is 43.5 Å².